The summed E-state index contributed by atoms with van der Waals surface area (Å²) in [7, 11) is 0.166. The number of anilines is 1. The molecule has 1 N–H and O–H groups in total. The number of benzene rings is 3. The molecule has 10 nitrogen and oxygen atoms in total. The molecule has 1 atom stereocenters. The van der Waals surface area contributed by atoms with Crippen LogP contribution in [0.15, 0.2) is 71.6 Å². The van der Waals surface area contributed by atoms with E-state index in [1.807, 2.05) is 27.7 Å². The average Bonchev–Trinajstić information content (AvgIpc) is 2.99. The Bertz CT molecular complexity index is 1490. The minimum Gasteiger partial charge on any atom is -0.497 e. The van der Waals surface area contributed by atoms with Crippen LogP contribution in [0.5, 0.6) is 17.2 Å². The summed E-state index contributed by atoms with van der Waals surface area (Å²) in [6, 6.07) is 17.2. The first-order chi connectivity index (χ1) is 20.4. The molecule has 0 fully saturated rings. The fraction of sp³-hybridized carbons (Fsp3) is 0.375. The van der Waals surface area contributed by atoms with Gasteiger partial charge in [0.15, 0.2) is 0 Å². The maximum absolute atomic E-state index is 14.3. The molecule has 3 aromatic rings. The third kappa shape index (κ3) is 8.19. The Kier molecular flexibility index (Phi) is 11.4. The highest BCUT2D eigenvalue weighted by molar-refractivity contribution is 7.92. The summed E-state index contributed by atoms with van der Waals surface area (Å²) in [5.41, 5.74) is 1.75. The van der Waals surface area contributed by atoms with Gasteiger partial charge in [0, 0.05) is 18.7 Å². The van der Waals surface area contributed by atoms with Gasteiger partial charge in [-0.2, -0.15) is 0 Å². The minimum absolute atomic E-state index is 0.00192. The molecule has 0 saturated heterocycles. The largest absolute Gasteiger partial charge is 0.497 e. The van der Waals surface area contributed by atoms with Gasteiger partial charge in [-0.3, -0.25) is 13.9 Å². The Hall–Kier alpha value is -4.25. The Morgan fingerprint density at radius 3 is 2.00 bits per heavy atom. The zero-order valence-corrected chi connectivity index (χ0v) is 26.6. The van der Waals surface area contributed by atoms with Crippen molar-refractivity contribution in [3.05, 3.63) is 77.9 Å². The maximum atomic E-state index is 14.3. The van der Waals surface area contributed by atoms with E-state index in [-0.39, 0.29) is 34.8 Å². The van der Waals surface area contributed by atoms with E-state index in [4.69, 9.17) is 14.2 Å². The van der Waals surface area contributed by atoms with E-state index in [9.17, 15) is 18.0 Å². The van der Waals surface area contributed by atoms with E-state index in [2.05, 4.69) is 5.32 Å². The highest BCUT2D eigenvalue weighted by Gasteiger charge is 2.35. The Balaban J connectivity index is 2.14. The second kappa shape index (κ2) is 14.8. The van der Waals surface area contributed by atoms with Crippen molar-refractivity contribution in [2.45, 2.75) is 57.6 Å². The standard InChI is InChI=1S/C32H41N3O7S/c1-8-28(32(37)33-22(2)3)34(20-24-11-13-25(40-5)14-12-24)31(36)21-35(29-19-26(41-6)15-18-30(29)42-7)43(38,39)27-16-9-23(4)10-17-27/h9-19,22,28H,8,20-21H2,1-7H3,(H,33,37). The molecule has 43 heavy (non-hydrogen) atoms. The smallest absolute Gasteiger partial charge is 0.264 e. The zero-order chi connectivity index (χ0) is 31.7. The molecule has 0 radical (unpaired) electrons. The fourth-order valence-electron chi connectivity index (χ4n) is 4.57. The number of methoxy groups -OCH3 is 3. The van der Waals surface area contributed by atoms with Crippen molar-refractivity contribution in [1.29, 1.82) is 0 Å². The summed E-state index contributed by atoms with van der Waals surface area (Å²) >= 11 is 0. The van der Waals surface area contributed by atoms with Crippen molar-refractivity contribution in [3.8, 4) is 17.2 Å². The van der Waals surface area contributed by atoms with Crippen molar-refractivity contribution < 1.29 is 32.2 Å². The van der Waals surface area contributed by atoms with Gasteiger partial charge in [0.25, 0.3) is 10.0 Å². The van der Waals surface area contributed by atoms with Crippen molar-refractivity contribution in [1.82, 2.24) is 10.2 Å². The predicted octanol–water partition coefficient (Wildman–Crippen LogP) is 4.55. The van der Waals surface area contributed by atoms with E-state index in [0.29, 0.717) is 17.9 Å². The molecule has 1 unspecified atom stereocenters. The molecule has 0 spiro atoms. The summed E-state index contributed by atoms with van der Waals surface area (Å²) in [5.74, 6) is 0.362. The second-order valence-corrected chi connectivity index (χ2v) is 12.2. The summed E-state index contributed by atoms with van der Waals surface area (Å²) in [5, 5.41) is 2.89. The van der Waals surface area contributed by atoms with Gasteiger partial charge < -0.3 is 24.4 Å². The SMILES string of the molecule is CCC(C(=O)NC(C)C)N(Cc1ccc(OC)cc1)C(=O)CN(c1cc(OC)ccc1OC)S(=O)(=O)c1ccc(C)cc1. The van der Waals surface area contributed by atoms with Crippen LogP contribution in [-0.2, 0) is 26.2 Å². The van der Waals surface area contributed by atoms with Crippen LogP contribution in [0.1, 0.15) is 38.3 Å². The normalized spacial score (nSPS) is 11.9. The van der Waals surface area contributed by atoms with Crippen LogP contribution in [0, 0.1) is 6.92 Å². The molecule has 0 aliphatic carbocycles. The van der Waals surface area contributed by atoms with E-state index < -0.39 is 28.5 Å². The first-order valence-corrected chi connectivity index (χ1v) is 15.4. The van der Waals surface area contributed by atoms with Gasteiger partial charge >= 0.3 is 0 Å². The molecule has 0 bridgehead atoms. The summed E-state index contributed by atoms with van der Waals surface area (Å²) in [6.45, 7) is 6.82. The molecule has 3 aromatic carbocycles. The molecular weight excluding hydrogens is 570 g/mol. The van der Waals surface area contributed by atoms with Gasteiger partial charge in [-0.15, -0.1) is 0 Å². The van der Waals surface area contributed by atoms with Crippen molar-refractivity contribution in [2.75, 3.05) is 32.2 Å². The number of hydrogen-bond donors (Lipinski definition) is 1. The molecule has 0 heterocycles. The molecule has 0 aliphatic rings. The molecule has 0 saturated carbocycles. The van der Waals surface area contributed by atoms with Crippen LogP contribution in [0.2, 0.25) is 0 Å². The molecule has 232 valence electrons. The number of rotatable bonds is 14. The van der Waals surface area contributed by atoms with E-state index >= 15 is 0 Å². The molecular formula is C32H41N3O7S. The lowest BCUT2D eigenvalue weighted by Gasteiger charge is -2.34. The number of aryl methyl sites for hydroxylation is 1. The number of carbonyl (C=O) groups is 2. The van der Waals surface area contributed by atoms with E-state index in [1.54, 1.807) is 55.6 Å². The van der Waals surface area contributed by atoms with Crippen LogP contribution in [0.3, 0.4) is 0 Å². The lowest BCUT2D eigenvalue weighted by Crippen LogP contribution is -2.53. The number of nitrogens with one attached hydrogen (secondary N) is 1. The lowest BCUT2D eigenvalue weighted by molar-refractivity contribution is -0.140. The molecule has 3 rings (SSSR count). The highest BCUT2D eigenvalue weighted by atomic mass is 32.2. The number of amides is 2. The van der Waals surface area contributed by atoms with Gasteiger partial charge in [-0.05, 0) is 69.2 Å². The summed E-state index contributed by atoms with van der Waals surface area (Å²) < 4.78 is 45.5. The van der Waals surface area contributed by atoms with Crippen LogP contribution < -0.4 is 23.8 Å². The Morgan fingerprint density at radius 2 is 1.47 bits per heavy atom. The molecule has 11 heteroatoms. The summed E-state index contributed by atoms with van der Waals surface area (Å²) in [4.78, 5) is 29.0. The third-order valence-electron chi connectivity index (χ3n) is 6.87. The fourth-order valence-corrected chi connectivity index (χ4v) is 5.99. The highest BCUT2D eigenvalue weighted by Crippen LogP contribution is 2.36. The van der Waals surface area contributed by atoms with Crippen molar-refractivity contribution >= 4 is 27.5 Å². The quantitative estimate of drug-likeness (QED) is 0.285. The molecule has 0 aliphatic heterocycles. The predicted molar refractivity (Wildman–Crippen MR) is 166 cm³/mol. The minimum atomic E-state index is -4.28. The topological polar surface area (TPSA) is 114 Å². The first-order valence-electron chi connectivity index (χ1n) is 14.0. The first kappa shape index (κ1) is 33.3. The van der Waals surface area contributed by atoms with Gasteiger partial charge in [-0.1, -0.05) is 36.8 Å². The van der Waals surface area contributed by atoms with Crippen molar-refractivity contribution in [2.24, 2.45) is 0 Å². The van der Waals surface area contributed by atoms with Gasteiger partial charge in [0.05, 0.1) is 31.9 Å². The average molecular weight is 612 g/mol. The lowest BCUT2D eigenvalue weighted by atomic mass is 10.1. The van der Waals surface area contributed by atoms with Crippen molar-refractivity contribution in [3.63, 3.8) is 0 Å². The van der Waals surface area contributed by atoms with Crippen LogP contribution in [-0.4, -0.2) is 65.1 Å². The van der Waals surface area contributed by atoms with E-state index in [1.165, 1.54) is 37.3 Å². The number of nitrogens with zero attached hydrogens (tertiary/aromatic N) is 2. The van der Waals surface area contributed by atoms with Gasteiger partial charge in [-0.25, -0.2) is 8.42 Å². The molecule has 2 amide bonds. The van der Waals surface area contributed by atoms with Crippen LogP contribution in [0.4, 0.5) is 5.69 Å². The van der Waals surface area contributed by atoms with Gasteiger partial charge in [0.2, 0.25) is 11.8 Å². The number of carbonyl (C=O) groups excluding carboxylic acids is 2. The molecule has 0 aromatic heterocycles. The van der Waals surface area contributed by atoms with E-state index in [0.717, 1.165) is 15.4 Å². The summed E-state index contributed by atoms with van der Waals surface area (Å²) in [6.07, 6.45) is 0.313. The van der Waals surface area contributed by atoms with Crippen LogP contribution in [0.25, 0.3) is 0 Å². The Morgan fingerprint density at radius 1 is 0.860 bits per heavy atom. The maximum Gasteiger partial charge on any atom is 0.264 e. The number of ether oxygens (including phenoxy) is 3. The number of hydrogen-bond acceptors (Lipinski definition) is 7. The zero-order valence-electron chi connectivity index (χ0n) is 25.8. The monoisotopic (exact) mass is 611 g/mol. The second-order valence-electron chi connectivity index (χ2n) is 10.3. The van der Waals surface area contributed by atoms with Gasteiger partial charge in [0.1, 0.15) is 29.8 Å². The van der Waals surface area contributed by atoms with Crippen LogP contribution >= 0.6 is 0 Å². The third-order valence-corrected chi connectivity index (χ3v) is 8.65. The number of sulfonamides is 1. The Labute approximate surface area is 254 Å².